The summed E-state index contributed by atoms with van der Waals surface area (Å²) in [6, 6.07) is 4.02. The van der Waals surface area contributed by atoms with Crippen molar-refractivity contribution in [2.45, 2.75) is 115 Å². The molecule has 0 radical (unpaired) electrons. The van der Waals surface area contributed by atoms with Gasteiger partial charge in [-0.3, -0.25) is 14.9 Å². The number of ether oxygens (including phenoxy) is 4. The van der Waals surface area contributed by atoms with Gasteiger partial charge in [0.1, 0.15) is 42.8 Å². The SMILES string of the molecule is CCCCOC(=O)Nc1ncnn2c([C@]3(C#N)O[C@H](COC(=O)CC4CCCCCC4)[C@@H](OC(=O)[C@@H](N)C(C)(C)C)[C@H]3O)ccc12. The van der Waals surface area contributed by atoms with Crippen LogP contribution in [0.2, 0.25) is 0 Å². The number of aromatic nitrogens is 3. The Bertz CT molecular complexity index is 1410. The molecule has 1 aliphatic carbocycles. The van der Waals surface area contributed by atoms with Crippen LogP contribution in [0.15, 0.2) is 18.5 Å². The summed E-state index contributed by atoms with van der Waals surface area (Å²) in [5.74, 6) is -0.913. The summed E-state index contributed by atoms with van der Waals surface area (Å²) in [7, 11) is 0. The minimum Gasteiger partial charge on any atom is -0.463 e. The average Bonchev–Trinajstić information content (AvgIpc) is 3.45. The van der Waals surface area contributed by atoms with Gasteiger partial charge in [0.15, 0.2) is 11.9 Å². The first kappa shape index (κ1) is 35.1. The Hall–Kier alpha value is -3.80. The Balaban J connectivity index is 1.61. The van der Waals surface area contributed by atoms with E-state index < -0.39 is 53.4 Å². The number of anilines is 1. The largest absolute Gasteiger partial charge is 0.463 e. The minimum atomic E-state index is -2.12. The number of nitrogens with zero attached hydrogens (tertiary/aromatic N) is 4. The number of unbranched alkanes of at least 4 members (excludes halogenated alkanes) is 1. The van der Waals surface area contributed by atoms with Gasteiger partial charge in [-0.2, -0.15) is 10.4 Å². The Labute approximate surface area is 268 Å². The number of aliphatic hydroxyl groups is 1. The predicted molar refractivity (Wildman–Crippen MR) is 165 cm³/mol. The molecule has 2 fully saturated rings. The zero-order valence-electron chi connectivity index (χ0n) is 27.1. The van der Waals surface area contributed by atoms with E-state index in [9.17, 15) is 24.8 Å². The molecular weight excluding hydrogens is 596 g/mol. The van der Waals surface area contributed by atoms with Gasteiger partial charge in [-0.15, -0.1) is 0 Å². The lowest BCUT2D eigenvalue weighted by molar-refractivity contribution is -0.163. The van der Waals surface area contributed by atoms with Gasteiger partial charge in [0.05, 0.1) is 12.3 Å². The molecule has 2 aliphatic rings. The van der Waals surface area contributed by atoms with E-state index in [1.807, 2.05) is 13.0 Å². The van der Waals surface area contributed by atoms with E-state index in [0.717, 1.165) is 51.3 Å². The Morgan fingerprint density at radius 1 is 1.22 bits per heavy atom. The Kier molecular flexibility index (Phi) is 11.6. The molecule has 14 nitrogen and oxygen atoms in total. The van der Waals surface area contributed by atoms with Gasteiger partial charge in [0.25, 0.3) is 0 Å². The predicted octanol–water partition coefficient (Wildman–Crippen LogP) is 3.75. The first-order valence-electron chi connectivity index (χ1n) is 16.1. The van der Waals surface area contributed by atoms with Crippen molar-refractivity contribution in [2.24, 2.45) is 17.1 Å². The Morgan fingerprint density at radius 3 is 2.59 bits per heavy atom. The monoisotopic (exact) mass is 642 g/mol. The van der Waals surface area contributed by atoms with Gasteiger partial charge in [-0.25, -0.2) is 14.3 Å². The number of hydrogen-bond donors (Lipinski definition) is 3. The second-order valence-corrected chi connectivity index (χ2v) is 13.2. The molecule has 4 rings (SSSR count). The summed E-state index contributed by atoms with van der Waals surface area (Å²) in [4.78, 5) is 42.5. The molecule has 252 valence electrons. The summed E-state index contributed by atoms with van der Waals surface area (Å²) in [6.45, 7) is 7.14. The normalized spacial score (nSPS) is 24.5. The van der Waals surface area contributed by atoms with E-state index in [4.69, 9.17) is 24.7 Å². The number of amides is 1. The summed E-state index contributed by atoms with van der Waals surface area (Å²) in [6.07, 6.45) is 4.24. The van der Waals surface area contributed by atoms with Gasteiger partial charge < -0.3 is 29.8 Å². The smallest absolute Gasteiger partial charge is 0.412 e. The minimum absolute atomic E-state index is 0.0794. The van der Waals surface area contributed by atoms with Crippen molar-refractivity contribution in [3.05, 3.63) is 24.2 Å². The number of aliphatic hydroxyl groups excluding tert-OH is 1. The van der Waals surface area contributed by atoms with Gasteiger partial charge in [0.2, 0.25) is 5.60 Å². The third kappa shape index (κ3) is 7.94. The van der Waals surface area contributed by atoms with Gasteiger partial charge >= 0.3 is 18.0 Å². The lowest BCUT2D eigenvalue weighted by atomic mass is 9.87. The molecule has 4 N–H and O–H groups in total. The molecule has 0 unspecified atom stereocenters. The van der Waals surface area contributed by atoms with Crippen molar-refractivity contribution in [1.29, 1.82) is 5.26 Å². The van der Waals surface area contributed by atoms with Crippen molar-refractivity contribution >= 4 is 29.4 Å². The number of rotatable bonds is 11. The molecule has 2 aromatic rings. The molecule has 3 heterocycles. The van der Waals surface area contributed by atoms with Crippen LogP contribution in [0.3, 0.4) is 0 Å². The molecule has 1 amide bonds. The van der Waals surface area contributed by atoms with Crippen molar-refractivity contribution in [1.82, 2.24) is 14.6 Å². The quantitative estimate of drug-likeness (QED) is 0.139. The van der Waals surface area contributed by atoms with E-state index in [0.29, 0.717) is 6.42 Å². The number of fused-ring (bicyclic) bond motifs is 1. The molecule has 1 aliphatic heterocycles. The van der Waals surface area contributed by atoms with Crippen molar-refractivity contribution in [3.8, 4) is 6.07 Å². The van der Waals surface area contributed by atoms with Gasteiger partial charge in [-0.05, 0) is 42.7 Å². The summed E-state index contributed by atoms with van der Waals surface area (Å²) in [5.41, 5.74) is 3.74. The highest BCUT2D eigenvalue weighted by molar-refractivity contribution is 5.88. The van der Waals surface area contributed by atoms with Crippen LogP contribution >= 0.6 is 0 Å². The van der Waals surface area contributed by atoms with E-state index in [2.05, 4.69) is 15.4 Å². The van der Waals surface area contributed by atoms with E-state index in [1.165, 1.54) is 10.6 Å². The molecule has 1 saturated heterocycles. The number of hydrogen-bond acceptors (Lipinski definition) is 12. The zero-order chi connectivity index (χ0) is 33.5. The van der Waals surface area contributed by atoms with Crippen LogP contribution in [0.1, 0.15) is 91.2 Å². The summed E-state index contributed by atoms with van der Waals surface area (Å²) >= 11 is 0. The second kappa shape index (κ2) is 15.2. The molecule has 46 heavy (non-hydrogen) atoms. The number of nitrogens with two attached hydrogens (primary N) is 1. The lowest BCUT2D eigenvalue weighted by Gasteiger charge is -2.29. The molecule has 0 spiro atoms. The van der Waals surface area contributed by atoms with Crippen LogP contribution in [0, 0.1) is 22.7 Å². The molecule has 14 heteroatoms. The number of nitriles is 1. The highest BCUT2D eigenvalue weighted by Crippen LogP contribution is 2.42. The number of esters is 2. The standard InChI is InChI=1S/C32H46N6O8/c1-5-6-15-43-30(42)37-28-21-13-14-23(38(21)36-19-35-28)32(18-33)27(40)25(45-29(41)26(34)31(2,3)4)22(46-32)17-44-24(39)16-20-11-9-7-8-10-12-20/h13-14,19-20,22,25-27,40H,5-12,15-17,34H2,1-4H3,(H,35,36,37,42)/t22-,25-,26-,27-,32+/m1/s1. The van der Waals surface area contributed by atoms with Crippen LogP contribution in [-0.4, -0.2) is 75.3 Å². The summed E-state index contributed by atoms with van der Waals surface area (Å²) < 4.78 is 24.0. The van der Waals surface area contributed by atoms with Crippen LogP contribution in [0.5, 0.6) is 0 Å². The maximum absolute atomic E-state index is 13.1. The number of nitrogens with one attached hydrogen (secondary N) is 1. The molecule has 2 aromatic heterocycles. The third-order valence-corrected chi connectivity index (χ3v) is 8.66. The summed E-state index contributed by atoms with van der Waals surface area (Å²) in [5, 5.41) is 29.0. The van der Waals surface area contributed by atoms with Gasteiger partial charge in [0, 0.05) is 6.42 Å². The Morgan fingerprint density at radius 2 is 1.93 bits per heavy atom. The molecule has 0 aromatic carbocycles. The van der Waals surface area contributed by atoms with E-state index >= 15 is 0 Å². The second-order valence-electron chi connectivity index (χ2n) is 13.2. The maximum atomic E-state index is 13.1. The molecular formula is C32H46N6O8. The van der Waals surface area contributed by atoms with Gasteiger partial charge in [-0.1, -0.05) is 59.8 Å². The first-order chi connectivity index (χ1) is 21.9. The third-order valence-electron chi connectivity index (χ3n) is 8.66. The molecule has 5 atom stereocenters. The van der Waals surface area contributed by atoms with Crippen molar-refractivity contribution < 1.29 is 38.4 Å². The topological polar surface area (TPSA) is 200 Å². The van der Waals surface area contributed by atoms with Crippen LogP contribution in [-0.2, 0) is 34.1 Å². The average molecular weight is 643 g/mol. The number of carbonyl (C=O) groups is 3. The van der Waals surface area contributed by atoms with Crippen LogP contribution in [0.4, 0.5) is 10.6 Å². The fraction of sp³-hybridized carbons (Fsp3) is 0.688. The lowest BCUT2D eigenvalue weighted by Crippen LogP contribution is -2.49. The first-order valence-corrected chi connectivity index (χ1v) is 16.1. The molecule has 1 saturated carbocycles. The maximum Gasteiger partial charge on any atom is 0.412 e. The van der Waals surface area contributed by atoms with E-state index in [1.54, 1.807) is 26.8 Å². The highest BCUT2D eigenvalue weighted by Gasteiger charge is 2.60. The zero-order valence-corrected chi connectivity index (χ0v) is 27.1. The fourth-order valence-corrected chi connectivity index (χ4v) is 5.79. The van der Waals surface area contributed by atoms with Crippen molar-refractivity contribution in [2.75, 3.05) is 18.5 Å². The molecule has 0 bridgehead atoms. The van der Waals surface area contributed by atoms with Crippen LogP contribution < -0.4 is 11.1 Å². The van der Waals surface area contributed by atoms with Crippen molar-refractivity contribution in [3.63, 3.8) is 0 Å². The van der Waals surface area contributed by atoms with Crippen LogP contribution in [0.25, 0.3) is 5.52 Å². The number of carbonyl (C=O) groups excluding carboxylic acids is 3. The van der Waals surface area contributed by atoms with E-state index in [-0.39, 0.29) is 42.6 Å². The fourth-order valence-electron chi connectivity index (χ4n) is 5.79. The highest BCUT2D eigenvalue weighted by atomic mass is 16.6.